The van der Waals surface area contributed by atoms with Crippen LogP contribution in [0.15, 0.2) is 29.1 Å². The summed E-state index contributed by atoms with van der Waals surface area (Å²) in [5.74, 6) is -0.202. The van der Waals surface area contributed by atoms with Gasteiger partial charge in [-0.3, -0.25) is 14.3 Å². The van der Waals surface area contributed by atoms with E-state index in [-0.39, 0.29) is 23.4 Å². The molecule has 31 heavy (non-hydrogen) atoms. The third kappa shape index (κ3) is 3.30. The molecule has 0 amide bonds. The van der Waals surface area contributed by atoms with Gasteiger partial charge >= 0.3 is 5.97 Å². The van der Waals surface area contributed by atoms with Crippen LogP contribution in [-0.4, -0.2) is 45.7 Å². The Morgan fingerprint density at radius 2 is 1.90 bits per heavy atom. The van der Waals surface area contributed by atoms with Gasteiger partial charge in [0.05, 0.1) is 23.2 Å². The molecule has 6 nitrogen and oxygen atoms in total. The molecular formula is C25H33N3O3. The SMILES string of the molecule is CCOC(=O)c1nc2ccccc2n([C@@]2(C)C[C@@H]3C2CCN3C2CCCCCC2)c1=O. The first-order valence-electron chi connectivity index (χ1n) is 12.0. The number of aromatic nitrogens is 2. The molecule has 6 heteroatoms. The van der Waals surface area contributed by atoms with Crippen molar-refractivity contribution in [2.45, 2.75) is 82.8 Å². The Hall–Kier alpha value is -2.21. The van der Waals surface area contributed by atoms with Gasteiger partial charge in [0.15, 0.2) is 0 Å². The number of nitrogens with zero attached hydrogens (tertiary/aromatic N) is 3. The van der Waals surface area contributed by atoms with Crippen LogP contribution < -0.4 is 5.56 Å². The van der Waals surface area contributed by atoms with Crippen LogP contribution in [0.3, 0.4) is 0 Å². The van der Waals surface area contributed by atoms with E-state index in [1.54, 1.807) is 6.92 Å². The van der Waals surface area contributed by atoms with Crippen LogP contribution in [0, 0.1) is 5.92 Å². The number of esters is 1. The molecule has 1 aliphatic heterocycles. The molecule has 1 saturated heterocycles. The molecule has 0 spiro atoms. The summed E-state index contributed by atoms with van der Waals surface area (Å²) in [5, 5.41) is 0. The summed E-state index contributed by atoms with van der Waals surface area (Å²) in [6.07, 6.45) is 10.1. The first-order valence-corrected chi connectivity index (χ1v) is 12.0. The molecule has 2 aliphatic carbocycles. The minimum Gasteiger partial charge on any atom is -0.461 e. The van der Waals surface area contributed by atoms with E-state index in [2.05, 4.69) is 16.8 Å². The zero-order valence-electron chi connectivity index (χ0n) is 18.7. The fraction of sp³-hybridized carbons (Fsp3) is 0.640. The molecule has 2 aromatic rings. The quantitative estimate of drug-likeness (QED) is 0.547. The normalized spacial score (nSPS) is 29.4. The van der Waals surface area contributed by atoms with Crippen LogP contribution in [0.25, 0.3) is 11.0 Å². The van der Waals surface area contributed by atoms with Crippen molar-refractivity contribution in [2.75, 3.05) is 13.2 Å². The van der Waals surface area contributed by atoms with E-state index in [0.29, 0.717) is 23.5 Å². The van der Waals surface area contributed by atoms with Crippen LogP contribution in [0.1, 0.15) is 75.7 Å². The first-order chi connectivity index (χ1) is 15.0. The number of para-hydroxylation sites is 2. The number of carbonyl (C=O) groups excluding carboxylic acids is 1. The predicted molar refractivity (Wildman–Crippen MR) is 120 cm³/mol. The Balaban J connectivity index is 1.52. The average Bonchev–Trinajstić information content (AvgIpc) is 2.93. The van der Waals surface area contributed by atoms with Gasteiger partial charge in [-0.1, -0.05) is 37.8 Å². The minimum absolute atomic E-state index is 0.0937. The van der Waals surface area contributed by atoms with Gasteiger partial charge in [-0.25, -0.2) is 9.78 Å². The van der Waals surface area contributed by atoms with Crippen molar-refractivity contribution < 1.29 is 9.53 Å². The van der Waals surface area contributed by atoms with E-state index in [4.69, 9.17) is 4.74 Å². The molecule has 166 valence electrons. The van der Waals surface area contributed by atoms with Crippen molar-refractivity contribution in [1.82, 2.24) is 14.5 Å². The Kier molecular flexibility index (Phi) is 5.37. The standard InChI is InChI=1S/C25H33N3O3/c1-3-31-24(30)22-23(29)28(20-13-9-8-12-19(20)26-22)25(2)16-21-18(25)14-15-27(21)17-10-6-4-5-7-11-17/h8-9,12-13,17-18,21H,3-7,10-11,14-16H2,1-2H3/t18?,21-,25+/m1/s1. The lowest BCUT2D eigenvalue weighted by molar-refractivity contribution is -0.0193. The highest BCUT2D eigenvalue weighted by molar-refractivity contribution is 5.89. The van der Waals surface area contributed by atoms with Crippen molar-refractivity contribution in [3.8, 4) is 0 Å². The fourth-order valence-electron chi connectivity index (χ4n) is 6.55. The van der Waals surface area contributed by atoms with Crippen LogP contribution in [0.5, 0.6) is 0 Å². The monoisotopic (exact) mass is 423 g/mol. The van der Waals surface area contributed by atoms with E-state index >= 15 is 0 Å². The van der Waals surface area contributed by atoms with Crippen LogP contribution in [0.2, 0.25) is 0 Å². The predicted octanol–water partition coefficient (Wildman–Crippen LogP) is 4.11. The van der Waals surface area contributed by atoms with Crippen LogP contribution >= 0.6 is 0 Å². The molecular weight excluding hydrogens is 390 g/mol. The number of likely N-dealkylation sites (tertiary alicyclic amines) is 1. The molecule has 3 fully saturated rings. The maximum Gasteiger partial charge on any atom is 0.362 e. The Bertz CT molecular complexity index is 1040. The van der Waals surface area contributed by atoms with Gasteiger partial charge < -0.3 is 4.74 Å². The smallest absolute Gasteiger partial charge is 0.362 e. The number of ether oxygens (including phenoxy) is 1. The van der Waals surface area contributed by atoms with Crippen molar-refractivity contribution in [3.05, 3.63) is 40.3 Å². The summed E-state index contributed by atoms with van der Waals surface area (Å²) in [7, 11) is 0. The van der Waals surface area contributed by atoms with Gasteiger partial charge in [0.1, 0.15) is 0 Å². The molecule has 0 bridgehead atoms. The lowest BCUT2D eigenvalue weighted by atomic mass is 9.63. The number of benzene rings is 1. The zero-order valence-corrected chi connectivity index (χ0v) is 18.7. The number of rotatable bonds is 4. The lowest BCUT2D eigenvalue weighted by Crippen LogP contribution is -2.62. The third-order valence-electron chi connectivity index (χ3n) is 8.04. The Morgan fingerprint density at radius 1 is 1.16 bits per heavy atom. The summed E-state index contributed by atoms with van der Waals surface area (Å²) in [6.45, 7) is 5.30. The van der Waals surface area contributed by atoms with Gasteiger partial charge in [-0.15, -0.1) is 0 Å². The fourth-order valence-corrected chi connectivity index (χ4v) is 6.55. The molecule has 1 aromatic carbocycles. The van der Waals surface area contributed by atoms with E-state index in [9.17, 15) is 9.59 Å². The molecule has 2 heterocycles. The van der Waals surface area contributed by atoms with Crippen molar-refractivity contribution in [2.24, 2.45) is 5.92 Å². The lowest BCUT2D eigenvalue weighted by Gasteiger charge is -2.54. The number of fused-ring (bicyclic) bond motifs is 2. The molecule has 0 N–H and O–H groups in total. The van der Waals surface area contributed by atoms with Crippen molar-refractivity contribution in [3.63, 3.8) is 0 Å². The molecule has 3 aliphatic rings. The third-order valence-corrected chi connectivity index (χ3v) is 8.04. The molecule has 2 saturated carbocycles. The summed E-state index contributed by atoms with van der Waals surface area (Å²) in [4.78, 5) is 33.2. The van der Waals surface area contributed by atoms with E-state index < -0.39 is 5.97 Å². The highest BCUT2D eigenvalue weighted by atomic mass is 16.5. The molecule has 1 aromatic heterocycles. The van der Waals surface area contributed by atoms with Crippen LogP contribution in [0.4, 0.5) is 0 Å². The van der Waals surface area contributed by atoms with Crippen molar-refractivity contribution >= 4 is 17.0 Å². The van der Waals surface area contributed by atoms with Gasteiger partial charge in [0.2, 0.25) is 5.69 Å². The summed E-state index contributed by atoms with van der Waals surface area (Å²) >= 11 is 0. The molecule has 1 unspecified atom stereocenters. The van der Waals surface area contributed by atoms with E-state index in [1.807, 2.05) is 28.8 Å². The van der Waals surface area contributed by atoms with Crippen molar-refractivity contribution in [1.29, 1.82) is 0 Å². The Morgan fingerprint density at radius 3 is 2.65 bits per heavy atom. The van der Waals surface area contributed by atoms with Gasteiger partial charge in [-0.05, 0) is 64.1 Å². The second-order valence-corrected chi connectivity index (χ2v) is 9.72. The molecule has 3 atom stereocenters. The topological polar surface area (TPSA) is 64.4 Å². The van der Waals surface area contributed by atoms with E-state index in [0.717, 1.165) is 24.9 Å². The number of carbonyl (C=O) groups is 1. The minimum atomic E-state index is -0.627. The average molecular weight is 424 g/mol. The van der Waals surface area contributed by atoms with Gasteiger partial charge in [-0.2, -0.15) is 0 Å². The second-order valence-electron chi connectivity index (χ2n) is 9.72. The second kappa shape index (κ2) is 8.05. The maximum atomic E-state index is 13.5. The number of hydrogen-bond donors (Lipinski definition) is 0. The largest absolute Gasteiger partial charge is 0.461 e. The Labute approximate surface area is 183 Å². The summed E-state index contributed by atoms with van der Waals surface area (Å²) < 4.78 is 7.02. The number of hydrogen-bond acceptors (Lipinski definition) is 5. The van der Waals surface area contributed by atoms with Gasteiger partial charge in [0.25, 0.3) is 5.56 Å². The highest BCUT2D eigenvalue weighted by Crippen LogP contribution is 2.54. The maximum absolute atomic E-state index is 13.5. The van der Waals surface area contributed by atoms with Crippen LogP contribution in [-0.2, 0) is 10.3 Å². The highest BCUT2D eigenvalue weighted by Gasteiger charge is 2.58. The summed E-state index contributed by atoms with van der Waals surface area (Å²) in [5.41, 5.74) is 0.781. The van der Waals surface area contributed by atoms with E-state index in [1.165, 1.54) is 38.5 Å². The molecule has 5 rings (SSSR count). The molecule has 0 radical (unpaired) electrons. The first kappa shape index (κ1) is 20.7. The zero-order chi connectivity index (χ0) is 21.6. The van der Waals surface area contributed by atoms with Gasteiger partial charge in [0, 0.05) is 12.1 Å². The summed E-state index contributed by atoms with van der Waals surface area (Å²) in [6, 6.07) is 8.90.